The summed E-state index contributed by atoms with van der Waals surface area (Å²) in [6.07, 6.45) is 2.03. The number of benzene rings is 2. The molecule has 122 valence electrons. The molecule has 0 saturated heterocycles. The number of hydrogen-bond donors (Lipinski definition) is 3. The maximum Gasteiger partial charge on any atom is 0.251 e. The van der Waals surface area contributed by atoms with Gasteiger partial charge in [0, 0.05) is 28.2 Å². The Balaban J connectivity index is 1.93. The fraction of sp³-hybridized carbons (Fsp3) is 0.111. The SMILES string of the molecule is N=CC(Sc1ccc(Cl)cc1)=C(N)c1ccc2c(c1)CCNC2=O. The molecule has 0 aliphatic carbocycles. The first-order valence-corrected chi connectivity index (χ1v) is 8.63. The Morgan fingerprint density at radius 2 is 2.00 bits per heavy atom. The number of hydrogen-bond acceptors (Lipinski definition) is 4. The van der Waals surface area contributed by atoms with Gasteiger partial charge in [0.05, 0.1) is 10.6 Å². The van der Waals surface area contributed by atoms with E-state index < -0.39 is 0 Å². The molecule has 0 saturated carbocycles. The van der Waals surface area contributed by atoms with Crippen molar-refractivity contribution < 1.29 is 4.79 Å². The van der Waals surface area contributed by atoms with Gasteiger partial charge in [-0.1, -0.05) is 29.4 Å². The summed E-state index contributed by atoms with van der Waals surface area (Å²) in [6.45, 7) is 0.635. The lowest BCUT2D eigenvalue weighted by molar-refractivity contribution is 0.0946. The molecule has 0 aromatic heterocycles. The van der Waals surface area contributed by atoms with Gasteiger partial charge in [0.2, 0.25) is 0 Å². The Kier molecular flexibility index (Phi) is 4.92. The normalized spacial score (nSPS) is 14.5. The van der Waals surface area contributed by atoms with E-state index in [1.165, 1.54) is 18.0 Å². The zero-order valence-corrected chi connectivity index (χ0v) is 14.4. The number of nitrogens with one attached hydrogen (secondary N) is 2. The van der Waals surface area contributed by atoms with E-state index in [-0.39, 0.29) is 5.91 Å². The topological polar surface area (TPSA) is 79.0 Å². The first-order chi connectivity index (χ1) is 11.6. The lowest BCUT2D eigenvalue weighted by Crippen LogP contribution is -2.31. The zero-order chi connectivity index (χ0) is 17.1. The number of carbonyl (C=O) groups excluding carboxylic acids is 1. The molecule has 6 heteroatoms. The highest BCUT2D eigenvalue weighted by atomic mass is 35.5. The van der Waals surface area contributed by atoms with Crippen LogP contribution in [0.3, 0.4) is 0 Å². The van der Waals surface area contributed by atoms with Crippen molar-refractivity contribution in [3.63, 3.8) is 0 Å². The predicted molar refractivity (Wildman–Crippen MR) is 99.7 cm³/mol. The van der Waals surface area contributed by atoms with Gasteiger partial charge in [0.1, 0.15) is 0 Å². The van der Waals surface area contributed by atoms with Gasteiger partial charge in [-0.3, -0.25) is 4.79 Å². The second-order valence-electron chi connectivity index (χ2n) is 5.36. The number of halogens is 1. The minimum atomic E-state index is -0.0480. The molecule has 1 aliphatic heterocycles. The molecule has 0 atom stereocenters. The van der Waals surface area contributed by atoms with E-state index in [2.05, 4.69) is 5.32 Å². The molecule has 0 fully saturated rings. The molecule has 4 N–H and O–H groups in total. The Hall–Kier alpha value is -2.24. The molecule has 4 nitrogen and oxygen atoms in total. The summed E-state index contributed by atoms with van der Waals surface area (Å²) in [6, 6.07) is 12.9. The first kappa shape index (κ1) is 16.6. The van der Waals surface area contributed by atoms with Crippen molar-refractivity contribution in [2.45, 2.75) is 11.3 Å². The molecule has 0 unspecified atom stereocenters. The van der Waals surface area contributed by atoms with E-state index in [4.69, 9.17) is 22.7 Å². The van der Waals surface area contributed by atoms with E-state index in [1.807, 2.05) is 24.3 Å². The standard InChI is InChI=1S/C18H16ClN3OS/c19-13-2-4-14(5-3-13)24-16(10-20)17(21)12-1-6-15-11(9-12)7-8-22-18(15)23/h1-6,9-10,20H,7-8,21H2,(H,22,23). The number of allylic oxidation sites excluding steroid dienone is 1. The molecule has 24 heavy (non-hydrogen) atoms. The van der Waals surface area contributed by atoms with Gasteiger partial charge in [-0.25, -0.2) is 0 Å². The average Bonchev–Trinajstić information content (AvgIpc) is 2.60. The third-order valence-electron chi connectivity index (χ3n) is 3.78. The number of amides is 1. The summed E-state index contributed by atoms with van der Waals surface area (Å²) < 4.78 is 0. The van der Waals surface area contributed by atoms with E-state index in [0.29, 0.717) is 27.7 Å². The first-order valence-electron chi connectivity index (χ1n) is 7.43. The number of rotatable bonds is 4. The predicted octanol–water partition coefficient (Wildman–Crippen LogP) is 3.70. The maximum absolute atomic E-state index is 11.8. The van der Waals surface area contributed by atoms with Crippen molar-refractivity contribution in [1.29, 1.82) is 5.41 Å². The minimum absolute atomic E-state index is 0.0480. The highest BCUT2D eigenvalue weighted by Gasteiger charge is 2.17. The summed E-state index contributed by atoms with van der Waals surface area (Å²) in [5.41, 5.74) is 9.31. The van der Waals surface area contributed by atoms with Crippen LogP contribution in [0.25, 0.3) is 5.70 Å². The lowest BCUT2D eigenvalue weighted by atomic mass is 9.97. The van der Waals surface area contributed by atoms with Crippen LogP contribution in [0.5, 0.6) is 0 Å². The zero-order valence-electron chi connectivity index (χ0n) is 12.8. The van der Waals surface area contributed by atoms with Gasteiger partial charge in [0.15, 0.2) is 0 Å². The smallest absolute Gasteiger partial charge is 0.251 e. The van der Waals surface area contributed by atoms with Crippen LogP contribution in [0, 0.1) is 5.41 Å². The third kappa shape index (κ3) is 3.47. The van der Waals surface area contributed by atoms with Crippen molar-refractivity contribution in [2.24, 2.45) is 5.73 Å². The van der Waals surface area contributed by atoms with Crippen molar-refractivity contribution in [1.82, 2.24) is 5.32 Å². The molecule has 3 rings (SSSR count). The van der Waals surface area contributed by atoms with Gasteiger partial charge in [0.25, 0.3) is 5.91 Å². The fourth-order valence-corrected chi connectivity index (χ4v) is 3.47. The van der Waals surface area contributed by atoms with Crippen LogP contribution < -0.4 is 11.1 Å². The van der Waals surface area contributed by atoms with Crippen molar-refractivity contribution in [2.75, 3.05) is 6.54 Å². The van der Waals surface area contributed by atoms with Gasteiger partial charge in [-0.05, 0) is 53.9 Å². The van der Waals surface area contributed by atoms with Crippen molar-refractivity contribution in [3.05, 3.63) is 69.1 Å². The molecule has 2 aromatic rings. The van der Waals surface area contributed by atoms with E-state index in [0.717, 1.165) is 22.4 Å². The number of carbonyl (C=O) groups is 1. The van der Waals surface area contributed by atoms with Gasteiger partial charge < -0.3 is 16.5 Å². The van der Waals surface area contributed by atoms with Crippen LogP contribution in [0.1, 0.15) is 21.5 Å². The Morgan fingerprint density at radius 1 is 1.25 bits per heavy atom. The molecule has 1 heterocycles. The van der Waals surface area contributed by atoms with E-state index in [9.17, 15) is 4.79 Å². The van der Waals surface area contributed by atoms with Crippen LogP contribution in [0.15, 0.2) is 52.3 Å². The molecular formula is C18H16ClN3OS. The Labute approximate surface area is 149 Å². The summed E-state index contributed by atoms with van der Waals surface area (Å²) in [7, 11) is 0. The lowest BCUT2D eigenvalue weighted by Gasteiger charge is -2.17. The molecule has 1 amide bonds. The van der Waals surface area contributed by atoms with Gasteiger partial charge in [-0.15, -0.1) is 0 Å². The highest BCUT2D eigenvalue weighted by molar-refractivity contribution is 8.04. The summed E-state index contributed by atoms with van der Waals surface area (Å²) >= 11 is 7.31. The quantitative estimate of drug-likeness (QED) is 0.576. The number of fused-ring (bicyclic) bond motifs is 1. The number of thioether (sulfide) groups is 1. The Morgan fingerprint density at radius 3 is 2.71 bits per heavy atom. The summed E-state index contributed by atoms with van der Waals surface area (Å²) in [5.74, 6) is -0.0480. The van der Waals surface area contributed by atoms with Crippen molar-refractivity contribution in [3.8, 4) is 0 Å². The fourth-order valence-electron chi connectivity index (χ4n) is 2.53. The molecule has 0 bridgehead atoms. The van der Waals surface area contributed by atoms with Crippen LogP contribution in [0.2, 0.25) is 5.02 Å². The van der Waals surface area contributed by atoms with E-state index >= 15 is 0 Å². The minimum Gasteiger partial charge on any atom is -0.397 e. The molecule has 0 spiro atoms. The summed E-state index contributed by atoms with van der Waals surface area (Å²) in [5, 5.41) is 11.2. The summed E-state index contributed by atoms with van der Waals surface area (Å²) in [4.78, 5) is 13.4. The highest BCUT2D eigenvalue weighted by Crippen LogP contribution is 2.31. The molecule has 2 aromatic carbocycles. The molecular weight excluding hydrogens is 342 g/mol. The van der Waals surface area contributed by atoms with Crippen LogP contribution >= 0.6 is 23.4 Å². The van der Waals surface area contributed by atoms with E-state index in [1.54, 1.807) is 18.2 Å². The maximum atomic E-state index is 11.8. The monoisotopic (exact) mass is 357 g/mol. The second-order valence-corrected chi connectivity index (χ2v) is 6.91. The van der Waals surface area contributed by atoms with Crippen molar-refractivity contribution >= 4 is 41.2 Å². The molecule has 1 aliphatic rings. The molecule has 0 radical (unpaired) electrons. The van der Waals surface area contributed by atoms with Crippen LogP contribution in [-0.4, -0.2) is 18.7 Å². The average molecular weight is 358 g/mol. The largest absolute Gasteiger partial charge is 0.397 e. The van der Waals surface area contributed by atoms with Crippen LogP contribution in [0.4, 0.5) is 0 Å². The Bertz CT molecular complexity index is 831. The van der Waals surface area contributed by atoms with Gasteiger partial charge >= 0.3 is 0 Å². The van der Waals surface area contributed by atoms with Gasteiger partial charge in [-0.2, -0.15) is 0 Å². The number of nitrogens with two attached hydrogens (primary N) is 1. The third-order valence-corrected chi connectivity index (χ3v) is 5.10. The van der Waals surface area contributed by atoms with Crippen LogP contribution in [-0.2, 0) is 6.42 Å². The second kappa shape index (κ2) is 7.11.